The van der Waals surface area contributed by atoms with Crippen LogP contribution in [0.3, 0.4) is 0 Å². The zero-order valence-electron chi connectivity index (χ0n) is 18.8. The van der Waals surface area contributed by atoms with Crippen LogP contribution in [0.2, 0.25) is 0 Å². The molecule has 8 heteroatoms. The number of hydrogen-bond acceptors (Lipinski definition) is 7. The molecule has 3 fully saturated rings. The predicted octanol–water partition coefficient (Wildman–Crippen LogP) is 4.73. The Morgan fingerprint density at radius 1 is 1.12 bits per heavy atom. The van der Waals surface area contributed by atoms with E-state index in [2.05, 4.69) is 43.9 Å². The van der Waals surface area contributed by atoms with Crippen LogP contribution in [-0.2, 0) is 15.9 Å². The van der Waals surface area contributed by atoms with Crippen LogP contribution in [0.4, 0.5) is 5.82 Å². The van der Waals surface area contributed by atoms with Crippen LogP contribution in [-0.4, -0.2) is 37.5 Å². The Bertz CT molecular complexity index is 1370. The van der Waals surface area contributed by atoms with Gasteiger partial charge >= 0.3 is 0 Å². The lowest BCUT2D eigenvalue weighted by Crippen LogP contribution is -2.46. The van der Waals surface area contributed by atoms with E-state index < -0.39 is 5.79 Å². The van der Waals surface area contributed by atoms with Crippen LogP contribution >= 0.6 is 11.3 Å². The number of nitrogen functional groups attached to an aromatic ring is 1. The molecule has 3 atom stereocenters. The first-order valence-corrected chi connectivity index (χ1v) is 12.5. The van der Waals surface area contributed by atoms with Crippen molar-refractivity contribution in [2.45, 2.75) is 63.6 Å². The summed E-state index contributed by atoms with van der Waals surface area (Å²) in [6.07, 6.45) is 8.21. The number of ether oxygens (including phenoxy) is 2. The second kappa shape index (κ2) is 6.74. The van der Waals surface area contributed by atoms with Gasteiger partial charge in [-0.1, -0.05) is 6.07 Å². The van der Waals surface area contributed by atoms with Gasteiger partial charge in [0.2, 0.25) is 0 Å². The number of anilines is 1. The lowest BCUT2D eigenvalue weighted by molar-refractivity contribution is -0.181. The number of thiazole rings is 1. The minimum Gasteiger partial charge on any atom is -0.383 e. The average molecular weight is 462 g/mol. The van der Waals surface area contributed by atoms with Crippen molar-refractivity contribution in [3.05, 3.63) is 47.9 Å². The van der Waals surface area contributed by atoms with Crippen LogP contribution in [0, 0.1) is 11.3 Å². The predicted molar refractivity (Wildman–Crippen MR) is 128 cm³/mol. The zero-order valence-corrected chi connectivity index (χ0v) is 19.6. The third kappa shape index (κ3) is 2.97. The van der Waals surface area contributed by atoms with E-state index in [0.29, 0.717) is 11.7 Å². The molecule has 2 aliphatic carbocycles. The van der Waals surface area contributed by atoms with Crippen molar-refractivity contribution in [2.24, 2.45) is 11.3 Å². The third-order valence-electron chi connectivity index (χ3n) is 7.93. The van der Waals surface area contributed by atoms with E-state index >= 15 is 0 Å². The molecule has 1 aliphatic heterocycles. The number of hydrogen-bond donors (Lipinski definition) is 1. The first-order chi connectivity index (χ1) is 15.9. The Labute approximate surface area is 195 Å². The summed E-state index contributed by atoms with van der Waals surface area (Å²) in [5.74, 6) is 0.610. The quantitative estimate of drug-likeness (QED) is 0.475. The molecule has 0 unspecified atom stereocenters. The molecule has 0 bridgehead atoms. The molecule has 170 valence electrons. The van der Waals surface area contributed by atoms with Gasteiger partial charge in [0.05, 0.1) is 33.3 Å². The molecule has 3 aromatic heterocycles. The molecule has 7 rings (SSSR count). The smallest absolute Gasteiger partial charge is 0.163 e. The van der Waals surface area contributed by atoms with Gasteiger partial charge in [0.25, 0.3) is 0 Å². The van der Waals surface area contributed by atoms with E-state index in [0.717, 1.165) is 42.2 Å². The molecule has 4 aromatic rings. The number of aromatic nitrogens is 4. The van der Waals surface area contributed by atoms with Crippen LogP contribution < -0.4 is 5.73 Å². The Morgan fingerprint density at radius 3 is 2.88 bits per heavy atom. The van der Waals surface area contributed by atoms with Crippen molar-refractivity contribution < 1.29 is 9.47 Å². The highest BCUT2D eigenvalue weighted by atomic mass is 32.1. The maximum Gasteiger partial charge on any atom is 0.163 e. The van der Waals surface area contributed by atoms with E-state index in [1.165, 1.54) is 10.3 Å². The standard InChI is InChI=1S/C25H27N5O2S/c1-24(2)31-20-18(30-6-5-16-22(26)27-12-28-23(16)30)11-25(21(20)32-24)9-15(10-25)7-14-3-4-19-17(8-14)29-13-33-19/h3-6,8,12-13,15,18,20-21H,7,9-11H2,1-2H3,(H2,26,27,28)/t15?,18-,20+,21+,25?/m1/s1. The Hall–Kier alpha value is -2.55. The molecule has 3 aliphatic rings. The summed E-state index contributed by atoms with van der Waals surface area (Å²) in [5.41, 5.74) is 11.5. The number of nitrogens with zero attached hydrogens (tertiary/aromatic N) is 4. The second-order valence-corrected chi connectivity index (χ2v) is 11.4. The summed E-state index contributed by atoms with van der Waals surface area (Å²) in [6, 6.07) is 8.92. The topological polar surface area (TPSA) is 88.1 Å². The minimum absolute atomic E-state index is 0.0131. The van der Waals surface area contributed by atoms with Crippen LogP contribution in [0.5, 0.6) is 0 Å². The number of benzene rings is 1. The van der Waals surface area contributed by atoms with Gasteiger partial charge in [0, 0.05) is 11.6 Å². The van der Waals surface area contributed by atoms with Gasteiger partial charge < -0.3 is 19.8 Å². The highest BCUT2D eigenvalue weighted by Crippen LogP contribution is 2.64. The molecule has 0 radical (unpaired) electrons. The summed E-state index contributed by atoms with van der Waals surface area (Å²) < 4.78 is 16.5. The van der Waals surface area contributed by atoms with E-state index in [9.17, 15) is 0 Å². The normalized spacial score (nSPS) is 32.5. The first kappa shape index (κ1) is 19.9. The fourth-order valence-corrected chi connectivity index (χ4v) is 7.36. The summed E-state index contributed by atoms with van der Waals surface area (Å²) >= 11 is 1.70. The molecule has 7 nitrogen and oxygen atoms in total. The third-order valence-corrected chi connectivity index (χ3v) is 8.74. The van der Waals surface area contributed by atoms with Crippen LogP contribution in [0.15, 0.2) is 42.3 Å². The maximum absolute atomic E-state index is 6.54. The molecule has 2 N–H and O–H groups in total. The van der Waals surface area contributed by atoms with Crippen LogP contribution in [0.1, 0.15) is 44.7 Å². The van der Waals surface area contributed by atoms with E-state index in [1.54, 1.807) is 17.7 Å². The lowest BCUT2D eigenvalue weighted by atomic mass is 9.58. The van der Waals surface area contributed by atoms with Crippen molar-refractivity contribution in [3.8, 4) is 0 Å². The molecule has 0 amide bonds. The first-order valence-electron chi connectivity index (χ1n) is 11.7. The highest BCUT2D eigenvalue weighted by molar-refractivity contribution is 7.16. The SMILES string of the molecule is CC1(C)O[C@H]2[C@H](n3ccc4c(N)ncnc43)CC3(CC(Cc4ccc5scnc5c4)C3)[C@H]2O1. The number of fused-ring (bicyclic) bond motifs is 4. The molecule has 1 aromatic carbocycles. The number of nitrogens with two attached hydrogens (primary N) is 1. The van der Waals surface area contributed by atoms with Gasteiger partial charge in [0.1, 0.15) is 23.9 Å². The van der Waals surface area contributed by atoms with Gasteiger partial charge in [-0.2, -0.15) is 0 Å². The average Bonchev–Trinajstić information content (AvgIpc) is 3.50. The van der Waals surface area contributed by atoms with E-state index in [1.807, 2.05) is 25.4 Å². The molecule has 33 heavy (non-hydrogen) atoms. The molecular formula is C25H27N5O2S. The van der Waals surface area contributed by atoms with E-state index in [4.69, 9.17) is 15.2 Å². The molecule has 2 saturated carbocycles. The molecular weight excluding hydrogens is 434 g/mol. The van der Waals surface area contributed by atoms with E-state index in [-0.39, 0.29) is 23.7 Å². The maximum atomic E-state index is 6.54. The highest BCUT2D eigenvalue weighted by Gasteiger charge is 2.65. The molecule has 1 spiro atoms. The summed E-state index contributed by atoms with van der Waals surface area (Å²) in [7, 11) is 0. The Morgan fingerprint density at radius 2 is 2.00 bits per heavy atom. The van der Waals surface area contributed by atoms with Crippen molar-refractivity contribution >= 4 is 38.4 Å². The molecule has 4 heterocycles. The van der Waals surface area contributed by atoms with Crippen molar-refractivity contribution in [1.82, 2.24) is 19.5 Å². The Balaban J connectivity index is 1.17. The van der Waals surface area contributed by atoms with Crippen molar-refractivity contribution in [1.29, 1.82) is 0 Å². The van der Waals surface area contributed by atoms with Gasteiger partial charge in [-0.3, -0.25) is 0 Å². The largest absolute Gasteiger partial charge is 0.383 e. The lowest BCUT2D eigenvalue weighted by Gasteiger charge is -2.49. The van der Waals surface area contributed by atoms with Gasteiger partial charge in [-0.05, 0) is 69.2 Å². The van der Waals surface area contributed by atoms with Crippen molar-refractivity contribution in [3.63, 3.8) is 0 Å². The van der Waals surface area contributed by atoms with Crippen LogP contribution in [0.25, 0.3) is 21.3 Å². The van der Waals surface area contributed by atoms with Gasteiger partial charge in [0.15, 0.2) is 5.79 Å². The summed E-state index contributed by atoms with van der Waals surface area (Å²) in [5, 5.41) is 0.900. The second-order valence-electron chi connectivity index (χ2n) is 10.5. The Kier molecular flexibility index (Phi) is 4.06. The monoisotopic (exact) mass is 461 g/mol. The molecule has 1 saturated heterocycles. The fourth-order valence-electron chi connectivity index (χ4n) is 6.70. The number of rotatable bonds is 3. The fraction of sp³-hybridized carbons (Fsp3) is 0.480. The zero-order chi connectivity index (χ0) is 22.4. The van der Waals surface area contributed by atoms with Crippen molar-refractivity contribution in [2.75, 3.05) is 5.73 Å². The van der Waals surface area contributed by atoms with Gasteiger partial charge in [-0.15, -0.1) is 11.3 Å². The minimum atomic E-state index is -0.571. The summed E-state index contributed by atoms with van der Waals surface area (Å²) in [6.45, 7) is 4.06. The van der Waals surface area contributed by atoms with Gasteiger partial charge in [-0.25, -0.2) is 15.0 Å². The summed E-state index contributed by atoms with van der Waals surface area (Å²) in [4.78, 5) is 13.2.